The molecule has 1 saturated heterocycles. The summed E-state index contributed by atoms with van der Waals surface area (Å²) in [6.07, 6.45) is 1.80. The number of thiazole rings is 1. The van der Waals surface area contributed by atoms with E-state index in [1.165, 1.54) is 0 Å². The van der Waals surface area contributed by atoms with Gasteiger partial charge in [-0.2, -0.15) is 0 Å². The molecular weight excluding hydrogens is 435 g/mol. The number of phenolic OH excluding ortho intramolecular Hbond substituents is 1. The van der Waals surface area contributed by atoms with Crippen LogP contribution in [0.1, 0.15) is 24.1 Å². The molecule has 1 fully saturated rings. The Labute approximate surface area is 206 Å². The zero-order chi connectivity index (χ0) is 15.5. The van der Waals surface area contributed by atoms with Crippen LogP contribution in [-0.4, -0.2) is 28.6 Å². The van der Waals surface area contributed by atoms with Crippen molar-refractivity contribution in [1.29, 1.82) is 0 Å². The Morgan fingerprint density at radius 3 is 2.88 bits per heavy atom. The normalized spacial score (nSPS) is 16.1. The Kier molecular flexibility index (Phi) is 9.92. The topological polar surface area (TPSA) is 76.3 Å². The first kappa shape index (κ1) is 22.5. The van der Waals surface area contributed by atoms with Gasteiger partial charge in [-0.25, -0.2) is 4.98 Å². The van der Waals surface area contributed by atoms with Crippen LogP contribution in [0.5, 0.6) is 5.75 Å². The number of amides is 1. The largest absolute Gasteiger partial charge is 1.00 e. The molecule has 1 amide bonds. The minimum absolute atomic E-state index is 0. The SMILES string of the molecule is Cc1ncsc1-c1ccc(CNC(=O)C2CCC[N-]2)c(O)c1.[Rb+].[V]. The van der Waals surface area contributed by atoms with E-state index in [4.69, 9.17) is 0 Å². The van der Waals surface area contributed by atoms with Gasteiger partial charge in [0, 0.05) is 30.7 Å². The number of rotatable bonds is 4. The molecule has 1 radical (unpaired) electrons. The third kappa shape index (κ3) is 5.48. The fraction of sp³-hybridized carbons (Fsp3) is 0.375. The number of aromatic hydroxyl groups is 1. The van der Waals surface area contributed by atoms with Crippen molar-refractivity contribution >= 4 is 17.2 Å². The van der Waals surface area contributed by atoms with Gasteiger partial charge in [-0.05, 0) is 18.6 Å². The second-order valence-electron chi connectivity index (χ2n) is 5.39. The molecular formula is C16H18N3O2RbSV. The molecule has 24 heavy (non-hydrogen) atoms. The quantitative estimate of drug-likeness (QED) is 0.684. The number of hydrogen-bond acceptors (Lipinski definition) is 4. The Balaban J connectivity index is 0.00000144. The van der Waals surface area contributed by atoms with Crippen molar-refractivity contribution in [2.75, 3.05) is 6.54 Å². The molecule has 1 aromatic carbocycles. The Bertz CT molecular complexity index is 690. The standard InChI is InChI=1S/C16H18N3O2S.Rb.V/c1-10-15(22-9-19-10)11-4-5-12(14(20)7-11)8-18-16(21)13-3-2-6-17-13;;/h4-5,7,9,13,20H,2-3,6,8H2,1H3,(H,18,21);;/q-1;+1;. The molecule has 3 rings (SSSR count). The van der Waals surface area contributed by atoms with Gasteiger partial charge in [0.05, 0.1) is 16.1 Å². The van der Waals surface area contributed by atoms with E-state index in [1.807, 2.05) is 19.1 Å². The predicted octanol–water partition coefficient (Wildman–Crippen LogP) is -0.0221. The number of benzene rings is 1. The van der Waals surface area contributed by atoms with E-state index in [9.17, 15) is 9.90 Å². The summed E-state index contributed by atoms with van der Waals surface area (Å²) in [5.41, 5.74) is 4.39. The first-order valence-electron chi connectivity index (χ1n) is 7.32. The molecule has 8 heteroatoms. The smallest absolute Gasteiger partial charge is 0.652 e. The van der Waals surface area contributed by atoms with Crippen LogP contribution < -0.4 is 63.5 Å². The van der Waals surface area contributed by atoms with Gasteiger partial charge in [-0.3, -0.25) is 4.79 Å². The van der Waals surface area contributed by atoms with Crippen molar-refractivity contribution in [3.63, 3.8) is 0 Å². The third-order valence-corrected chi connectivity index (χ3v) is 4.81. The molecule has 2 heterocycles. The second kappa shape index (κ2) is 10.6. The van der Waals surface area contributed by atoms with Gasteiger partial charge < -0.3 is 15.7 Å². The van der Waals surface area contributed by atoms with Gasteiger partial charge in [0.15, 0.2) is 0 Å². The van der Waals surface area contributed by atoms with Gasteiger partial charge in [-0.15, -0.1) is 17.9 Å². The van der Waals surface area contributed by atoms with Crippen LogP contribution in [0.25, 0.3) is 15.8 Å². The molecule has 5 nitrogen and oxygen atoms in total. The summed E-state index contributed by atoms with van der Waals surface area (Å²) in [7, 11) is 0. The maximum Gasteiger partial charge on any atom is 1.00 e. The van der Waals surface area contributed by atoms with E-state index >= 15 is 0 Å². The monoisotopic (exact) mass is 452 g/mol. The van der Waals surface area contributed by atoms with Crippen LogP contribution in [-0.2, 0) is 29.9 Å². The van der Waals surface area contributed by atoms with Gasteiger partial charge in [0.25, 0.3) is 0 Å². The Morgan fingerprint density at radius 1 is 1.50 bits per heavy atom. The van der Waals surface area contributed by atoms with Crippen molar-refractivity contribution in [2.45, 2.75) is 32.4 Å². The number of phenols is 1. The molecule has 121 valence electrons. The summed E-state index contributed by atoms with van der Waals surface area (Å²) >= 11 is 1.55. The maximum atomic E-state index is 11.9. The number of carbonyl (C=O) groups excluding carboxylic acids is 1. The van der Waals surface area contributed by atoms with Crippen LogP contribution in [0.3, 0.4) is 0 Å². The number of aromatic nitrogens is 1. The molecule has 2 N–H and O–H groups in total. The van der Waals surface area contributed by atoms with E-state index < -0.39 is 0 Å². The third-order valence-electron chi connectivity index (χ3n) is 3.83. The number of aryl methyl sites for hydroxylation is 1. The van der Waals surface area contributed by atoms with Crippen molar-refractivity contribution < 1.29 is 86.6 Å². The van der Waals surface area contributed by atoms with E-state index in [2.05, 4.69) is 15.6 Å². The van der Waals surface area contributed by atoms with Gasteiger partial charge in [-0.1, -0.05) is 31.0 Å². The van der Waals surface area contributed by atoms with E-state index in [1.54, 1.807) is 22.9 Å². The summed E-state index contributed by atoms with van der Waals surface area (Å²) in [6, 6.07) is 5.29. The summed E-state index contributed by atoms with van der Waals surface area (Å²) in [5.74, 6) is 0.133. The van der Waals surface area contributed by atoms with Crippen LogP contribution in [0, 0.1) is 6.92 Å². The average Bonchev–Trinajstić information content (AvgIpc) is 3.17. The molecule has 1 atom stereocenters. The van der Waals surface area contributed by atoms with Crippen LogP contribution in [0.2, 0.25) is 0 Å². The number of nitrogens with zero attached hydrogens (tertiary/aromatic N) is 2. The van der Waals surface area contributed by atoms with Crippen molar-refractivity contribution in [3.8, 4) is 16.2 Å². The molecule has 1 aliphatic rings. The minimum Gasteiger partial charge on any atom is -0.652 e. The average molecular weight is 453 g/mol. The zero-order valence-electron chi connectivity index (χ0n) is 13.8. The van der Waals surface area contributed by atoms with Gasteiger partial charge in [0.2, 0.25) is 5.91 Å². The number of carbonyl (C=O) groups is 1. The maximum absolute atomic E-state index is 11.9. The van der Waals surface area contributed by atoms with Crippen LogP contribution in [0.15, 0.2) is 23.7 Å². The fourth-order valence-electron chi connectivity index (χ4n) is 2.57. The minimum atomic E-state index is -0.221. The van der Waals surface area contributed by atoms with Crippen LogP contribution in [0.4, 0.5) is 0 Å². The van der Waals surface area contributed by atoms with E-state index in [0.29, 0.717) is 12.1 Å². The molecule has 1 aromatic heterocycles. The fourth-order valence-corrected chi connectivity index (χ4v) is 3.37. The molecule has 1 unspecified atom stereocenters. The Hall–Kier alpha value is 0.470. The van der Waals surface area contributed by atoms with Crippen LogP contribution >= 0.6 is 11.3 Å². The summed E-state index contributed by atoms with van der Waals surface area (Å²) in [4.78, 5) is 17.2. The molecule has 0 bridgehead atoms. The van der Waals surface area contributed by atoms with Gasteiger partial charge >= 0.3 is 58.2 Å². The first-order valence-corrected chi connectivity index (χ1v) is 8.20. The predicted molar refractivity (Wildman–Crippen MR) is 87.0 cm³/mol. The van der Waals surface area contributed by atoms with E-state index in [0.717, 1.165) is 35.5 Å². The zero-order valence-corrected chi connectivity index (χ0v) is 20.9. The van der Waals surface area contributed by atoms with Crippen molar-refractivity contribution in [1.82, 2.24) is 10.3 Å². The second-order valence-corrected chi connectivity index (χ2v) is 6.25. The van der Waals surface area contributed by atoms with E-state index in [-0.39, 0.29) is 94.4 Å². The molecule has 0 saturated carbocycles. The number of hydrogen-bond donors (Lipinski definition) is 2. The van der Waals surface area contributed by atoms with Crippen molar-refractivity contribution in [2.24, 2.45) is 0 Å². The Morgan fingerprint density at radius 2 is 2.29 bits per heavy atom. The number of nitrogens with one attached hydrogen (secondary N) is 1. The summed E-state index contributed by atoms with van der Waals surface area (Å²) in [5, 5.41) is 17.3. The molecule has 0 aliphatic carbocycles. The molecule has 0 spiro atoms. The summed E-state index contributed by atoms with van der Waals surface area (Å²) < 4.78 is 0. The first-order chi connectivity index (χ1) is 10.6. The summed E-state index contributed by atoms with van der Waals surface area (Å²) in [6.45, 7) is 3.03. The van der Waals surface area contributed by atoms with Crippen molar-refractivity contribution in [3.05, 3.63) is 40.3 Å². The van der Waals surface area contributed by atoms with Gasteiger partial charge in [0.1, 0.15) is 5.75 Å². The molecule has 2 aromatic rings. The molecule has 1 aliphatic heterocycles.